The van der Waals surface area contributed by atoms with Gasteiger partial charge in [0.2, 0.25) is 0 Å². The second kappa shape index (κ2) is 9.49. The van der Waals surface area contributed by atoms with Crippen LogP contribution in [0.5, 0.6) is 0 Å². The van der Waals surface area contributed by atoms with Gasteiger partial charge in [0.15, 0.2) is 0 Å². The summed E-state index contributed by atoms with van der Waals surface area (Å²) in [7, 11) is 0. The minimum absolute atomic E-state index is 0.690. The molecule has 2 aromatic heterocycles. The Morgan fingerprint density at radius 2 is 1.87 bits per heavy atom. The maximum atomic E-state index is 10.6. The molecule has 30 heavy (non-hydrogen) atoms. The molecule has 3 aromatic rings. The van der Waals surface area contributed by atoms with E-state index in [0.717, 1.165) is 42.0 Å². The van der Waals surface area contributed by atoms with Crippen molar-refractivity contribution in [3.05, 3.63) is 55.2 Å². The topological polar surface area (TPSA) is 92.9 Å². The zero-order valence-corrected chi connectivity index (χ0v) is 15.9. The van der Waals surface area contributed by atoms with Crippen molar-refractivity contribution in [3.8, 4) is 22.4 Å². The van der Waals surface area contributed by atoms with Crippen molar-refractivity contribution in [1.29, 1.82) is 0 Å². The first-order chi connectivity index (χ1) is 14.3. The van der Waals surface area contributed by atoms with Crippen molar-refractivity contribution >= 4 is 5.97 Å². The van der Waals surface area contributed by atoms with Crippen LogP contribution in [0.25, 0.3) is 22.4 Å². The maximum absolute atomic E-state index is 10.6. The van der Waals surface area contributed by atoms with E-state index in [4.69, 9.17) is 15.0 Å². The molecule has 2 N–H and O–H groups in total. The number of rotatable bonds is 4. The molecule has 0 aliphatic carbocycles. The summed E-state index contributed by atoms with van der Waals surface area (Å²) in [6.07, 6.45) is 3.44. The zero-order chi connectivity index (χ0) is 21.6. The molecule has 7 nitrogen and oxygen atoms in total. The normalized spacial score (nSPS) is 16.0. The summed E-state index contributed by atoms with van der Waals surface area (Å²) < 4.78 is 33.8. The van der Waals surface area contributed by atoms with Gasteiger partial charge >= 0.3 is 12.1 Å². The highest BCUT2D eigenvalue weighted by Gasteiger charge is 2.38. The molecule has 158 valence electrons. The molecule has 1 aliphatic heterocycles. The lowest BCUT2D eigenvalue weighted by atomic mass is 10.0. The highest BCUT2D eigenvalue weighted by molar-refractivity contribution is 5.73. The molecule has 0 bridgehead atoms. The van der Waals surface area contributed by atoms with Crippen LogP contribution in [-0.2, 0) is 11.3 Å². The molecule has 10 heteroatoms. The van der Waals surface area contributed by atoms with E-state index >= 15 is 0 Å². The number of hydrogen-bond donors (Lipinski definition) is 2. The van der Waals surface area contributed by atoms with Gasteiger partial charge in [0, 0.05) is 36.3 Å². The van der Waals surface area contributed by atoms with Gasteiger partial charge in [0.25, 0.3) is 0 Å². The summed E-state index contributed by atoms with van der Waals surface area (Å²) in [6.45, 7) is 3.21. The average molecular weight is 419 g/mol. The van der Waals surface area contributed by atoms with Gasteiger partial charge in [-0.15, -0.1) is 0 Å². The van der Waals surface area contributed by atoms with Crippen molar-refractivity contribution in [2.24, 2.45) is 5.92 Å². The van der Waals surface area contributed by atoms with Crippen LogP contribution in [0, 0.1) is 5.92 Å². The molecular formula is C20H20F3N5O2. The SMILES string of the molecule is O=C(O)C(F)(F)F.c1cc(-c2cncnc2)cc(-c2ccn(CC3CCNC3)n2)c1. The number of nitrogens with zero attached hydrogens (tertiary/aromatic N) is 4. The summed E-state index contributed by atoms with van der Waals surface area (Å²) in [6, 6.07) is 10.4. The predicted molar refractivity (Wildman–Crippen MR) is 103 cm³/mol. The Morgan fingerprint density at radius 1 is 1.17 bits per heavy atom. The molecule has 1 unspecified atom stereocenters. The molecule has 1 aliphatic rings. The molecule has 1 atom stereocenters. The number of carbonyl (C=O) groups is 1. The summed E-state index contributed by atoms with van der Waals surface area (Å²) in [4.78, 5) is 17.1. The van der Waals surface area contributed by atoms with E-state index in [9.17, 15) is 13.2 Å². The number of benzene rings is 1. The maximum Gasteiger partial charge on any atom is 0.490 e. The van der Waals surface area contributed by atoms with Crippen LogP contribution in [-0.4, -0.2) is 50.1 Å². The molecule has 4 rings (SSSR count). The Balaban J connectivity index is 0.000000318. The Hall–Kier alpha value is -3.27. The summed E-state index contributed by atoms with van der Waals surface area (Å²) in [5.74, 6) is -2.07. The molecule has 3 heterocycles. The molecule has 1 saturated heterocycles. The molecule has 0 amide bonds. The molecule has 0 saturated carbocycles. The Morgan fingerprint density at radius 3 is 2.50 bits per heavy atom. The second-order valence-corrected chi connectivity index (χ2v) is 6.79. The number of aromatic nitrogens is 4. The van der Waals surface area contributed by atoms with Gasteiger partial charge in [-0.2, -0.15) is 18.3 Å². The number of halogens is 3. The lowest BCUT2D eigenvalue weighted by Gasteiger charge is -2.08. The number of carboxylic acids is 1. The van der Waals surface area contributed by atoms with Crippen molar-refractivity contribution in [2.45, 2.75) is 19.1 Å². The highest BCUT2D eigenvalue weighted by atomic mass is 19.4. The summed E-state index contributed by atoms with van der Waals surface area (Å²) >= 11 is 0. The first kappa shape index (κ1) is 21.4. The van der Waals surface area contributed by atoms with Crippen molar-refractivity contribution in [2.75, 3.05) is 13.1 Å². The zero-order valence-electron chi connectivity index (χ0n) is 15.9. The van der Waals surface area contributed by atoms with E-state index in [1.165, 1.54) is 6.42 Å². The van der Waals surface area contributed by atoms with Crippen LogP contribution in [0.4, 0.5) is 13.2 Å². The van der Waals surface area contributed by atoms with Crippen LogP contribution in [0.3, 0.4) is 0 Å². The minimum Gasteiger partial charge on any atom is -0.475 e. The second-order valence-electron chi connectivity index (χ2n) is 6.79. The Kier molecular flexibility index (Phi) is 6.78. The van der Waals surface area contributed by atoms with Gasteiger partial charge < -0.3 is 10.4 Å². The van der Waals surface area contributed by atoms with E-state index in [0.29, 0.717) is 5.92 Å². The first-order valence-corrected chi connectivity index (χ1v) is 9.23. The minimum atomic E-state index is -5.08. The molecule has 1 fully saturated rings. The van der Waals surface area contributed by atoms with E-state index < -0.39 is 12.1 Å². The molecule has 1 aromatic carbocycles. The van der Waals surface area contributed by atoms with E-state index in [-0.39, 0.29) is 0 Å². The van der Waals surface area contributed by atoms with Crippen molar-refractivity contribution < 1.29 is 23.1 Å². The third kappa shape index (κ3) is 5.86. The van der Waals surface area contributed by atoms with Crippen LogP contribution in [0.1, 0.15) is 6.42 Å². The van der Waals surface area contributed by atoms with E-state index in [2.05, 4.69) is 56.5 Å². The quantitative estimate of drug-likeness (QED) is 0.675. The van der Waals surface area contributed by atoms with Gasteiger partial charge in [-0.3, -0.25) is 4.68 Å². The van der Waals surface area contributed by atoms with Crippen LogP contribution in [0.2, 0.25) is 0 Å². The number of alkyl halides is 3. The van der Waals surface area contributed by atoms with Gasteiger partial charge in [-0.1, -0.05) is 18.2 Å². The van der Waals surface area contributed by atoms with E-state index in [1.54, 1.807) is 6.33 Å². The fourth-order valence-corrected chi connectivity index (χ4v) is 3.06. The molecule has 0 spiro atoms. The standard InChI is InChI=1S/C18H19N5.C2HF3O2/c1-2-15(17-10-20-13-21-11-17)8-16(3-1)18-5-7-23(22-18)12-14-4-6-19-9-14;3-2(4,5)1(6)7/h1-3,5,7-8,10-11,13-14,19H,4,6,9,12H2;(H,6,7). The number of carboxylic acid groups (broad SMARTS) is 1. The fraction of sp³-hybridized carbons (Fsp3) is 0.300. The third-order valence-corrected chi connectivity index (χ3v) is 4.54. The Labute approximate surface area is 170 Å². The van der Waals surface area contributed by atoms with Crippen molar-refractivity contribution in [1.82, 2.24) is 25.1 Å². The van der Waals surface area contributed by atoms with Crippen LogP contribution >= 0.6 is 0 Å². The number of aliphatic carboxylic acids is 1. The first-order valence-electron chi connectivity index (χ1n) is 9.23. The fourth-order valence-electron chi connectivity index (χ4n) is 3.06. The van der Waals surface area contributed by atoms with E-state index in [1.807, 2.05) is 12.4 Å². The summed E-state index contributed by atoms with van der Waals surface area (Å²) in [5.41, 5.74) is 4.26. The lowest BCUT2D eigenvalue weighted by molar-refractivity contribution is -0.192. The number of hydrogen-bond acceptors (Lipinski definition) is 5. The monoisotopic (exact) mass is 419 g/mol. The van der Waals surface area contributed by atoms with Crippen LogP contribution in [0.15, 0.2) is 55.2 Å². The highest BCUT2D eigenvalue weighted by Crippen LogP contribution is 2.24. The predicted octanol–water partition coefficient (Wildman–Crippen LogP) is 3.25. The van der Waals surface area contributed by atoms with Crippen LogP contribution < -0.4 is 5.32 Å². The third-order valence-electron chi connectivity index (χ3n) is 4.54. The van der Waals surface area contributed by atoms with Crippen molar-refractivity contribution in [3.63, 3.8) is 0 Å². The molecular weight excluding hydrogens is 399 g/mol. The average Bonchev–Trinajstić information content (AvgIpc) is 3.41. The van der Waals surface area contributed by atoms with Gasteiger partial charge in [0.1, 0.15) is 6.33 Å². The Bertz CT molecular complexity index is 970. The number of nitrogens with one attached hydrogen (secondary N) is 1. The van der Waals surface area contributed by atoms with Gasteiger partial charge in [-0.25, -0.2) is 14.8 Å². The largest absolute Gasteiger partial charge is 0.490 e. The summed E-state index contributed by atoms with van der Waals surface area (Å²) in [5, 5.41) is 15.3. The van der Waals surface area contributed by atoms with Gasteiger partial charge in [-0.05, 0) is 43.1 Å². The molecule has 0 radical (unpaired) electrons. The van der Waals surface area contributed by atoms with Gasteiger partial charge in [0.05, 0.1) is 5.69 Å². The smallest absolute Gasteiger partial charge is 0.475 e. The lowest BCUT2D eigenvalue weighted by Crippen LogP contribution is -2.21.